The van der Waals surface area contributed by atoms with E-state index in [0.29, 0.717) is 12.5 Å². The van der Waals surface area contributed by atoms with Gasteiger partial charge in [0.05, 0.1) is 18.4 Å². The van der Waals surface area contributed by atoms with Crippen molar-refractivity contribution >= 4 is 17.5 Å². The van der Waals surface area contributed by atoms with Crippen molar-refractivity contribution < 1.29 is 9.59 Å². The molecule has 0 bridgehead atoms. The van der Waals surface area contributed by atoms with Gasteiger partial charge >= 0.3 is 0 Å². The second kappa shape index (κ2) is 7.92. The van der Waals surface area contributed by atoms with E-state index in [-0.39, 0.29) is 11.8 Å². The molecule has 1 fully saturated rings. The Hall–Kier alpha value is -2.15. The lowest BCUT2D eigenvalue weighted by atomic mass is 9.97. The zero-order valence-electron chi connectivity index (χ0n) is 13.9. The molecule has 2 heterocycles. The van der Waals surface area contributed by atoms with Gasteiger partial charge in [0.2, 0.25) is 11.8 Å². The quantitative estimate of drug-likeness (QED) is 0.788. The summed E-state index contributed by atoms with van der Waals surface area (Å²) in [5, 5.41) is 7.14. The fourth-order valence-electron chi connectivity index (χ4n) is 2.75. The molecule has 0 radical (unpaired) electrons. The number of piperidine rings is 1. The number of amides is 2. The second-order valence-corrected chi connectivity index (χ2v) is 6.21. The molecular formula is C16H25N5O2. The lowest BCUT2D eigenvalue weighted by molar-refractivity contribution is -0.127. The Kier molecular flexibility index (Phi) is 5.92. The Balaban J connectivity index is 1.80. The number of carbonyl (C=O) groups is 2. The van der Waals surface area contributed by atoms with Gasteiger partial charge in [-0.15, -0.1) is 0 Å². The van der Waals surface area contributed by atoms with E-state index in [4.69, 9.17) is 0 Å². The Morgan fingerprint density at radius 2 is 2.13 bits per heavy atom. The van der Waals surface area contributed by atoms with Crippen molar-refractivity contribution in [3.63, 3.8) is 0 Å². The van der Waals surface area contributed by atoms with Crippen LogP contribution in [0, 0.1) is 5.92 Å². The van der Waals surface area contributed by atoms with Crippen LogP contribution >= 0.6 is 0 Å². The molecular weight excluding hydrogens is 294 g/mol. The van der Waals surface area contributed by atoms with Crippen molar-refractivity contribution in [1.29, 1.82) is 0 Å². The number of anilines is 1. The first-order valence-corrected chi connectivity index (χ1v) is 7.86. The Morgan fingerprint density at radius 3 is 2.74 bits per heavy atom. The second-order valence-electron chi connectivity index (χ2n) is 6.21. The van der Waals surface area contributed by atoms with Gasteiger partial charge in [0.25, 0.3) is 0 Å². The summed E-state index contributed by atoms with van der Waals surface area (Å²) in [6.07, 6.45) is 6.82. The lowest BCUT2D eigenvalue weighted by Crippen LogP contribution is -2.38. The lowest BCUT2D eigenvalue weighted by Gasteiger charge is -2.31. The standard InChI is InChI=1S/C16H25N5O2/c1-4-16(23)20-7-5-13(6-8-20)10-21-11-14(9-17-21)18-15(22)12-19(2)3/h4,9,11,13H,1,5-8,10,12H2,2-3H3,(H,18,22). The molecule has 0 aromatic carbocycles. The first kappa shape index (κ1) is 17.2. The van der Waals surface area contributed by atoms with Gasteiger partial charge in [-0.05, 0) is 38.9 Å². The van der Waals surface area contributed by atoms with Gasteiger partial charge in [0.1, 0.15) is 0 Å². The highest BCUT2D eigenvalue weighted by atomic mass is 16.2. The highest BCUT2D eigenvalue weighted by Crippen LogP contribution is 2.19. The van der Waals surface area contributed by atoms with Gasteiger partial charge in [-0.1, -0.05) is 6.58 Å². The average molecular weight is 319 g/mol. The Morgan fingerprint density at radius 1 is 1.43 bits per heavy atom. The molecule has 2 amide bonds. The minimum absolute atomic E-state index is 0.00781. The predicted molar refractivity (Wildman–Crippen MR) is 88.9 cm³/mol. The normalized spacial score (nSPS) is 15.7. The molecule has 1 aromatic rings. The number of aromatic nitrogens is 2. The molecule has 1 saturated heterocycles. The predicted octanol–water partition coefficient (Wildman–Crippen LogP) is 0.808. The van der Waals surface area contributed by atoms with Gasteiger partial charge in [0, 0.05) is 25.8 Å². The van der Waals surface area contributed by atoms with Crippen LogP contribution in [0.3, 0.4) is 0 Å². The number of hydrogen-bond donors (Lipinski definition) is 1. The third-order valence-electron chi connectivity index (χ3n) is 3.92. The summed E-state index contributed by atoms with van der Waals surface area (Å²) in [6.45, 7) is 6.21. The summed E-state index contributed by atoms with van der Waals surface area (Å²) in [5.74, 6) is 0.452. The summed E-state index contributed by atoms with van der Waals surface area (Å²) in [4.78, 5) is 26.9. The number of nitrogens with zero attached hydrogens (tertiary/aromatic N) is 4. The van der Waals surface area contributed by atoms with Crippen LogP contribution in [-0.4, -0.2) is 65.1 Å². The molecule has 0 unspecified atom stereocenters. The highest BCUT2D eigenvalue weighted by molar-refractivity contribution is 5.91. The van der Waals surface area contributed by atoms with Crippen LogP contribution in [0.4, 0.5) is 5.69 Å². The third-order valence-corrected chi connectivity index (χ3v) is 3.92. The molecule has 0 spiro atoms. The zero-order valence-corrected chi connectivity index (χ0v) is 13.9. The maximum atomic E-state index is 11.7. The SMILES string of the molecule is C=CC(=O)N1CCC(Cn2cc(NC(=O)CN(C)C)cn2)CC1. The molecule has 0 atom stereocenters. The smallest absolute Gasteiger partial charge is 0.245 e. The molecule has 0 aliphatic carbocycles. The van der Waals surface area contributed by atoms with Gasteiger partial charge in [-0.2, -0.15) is 5.10 Å². The molecule has 1 aliphatic rings. The summed E-state index contributed by atoms with van der Waals surface area (Å²) in [6, 6.07) is 0. The van der Waals surface area contributed by atoms with E-state index < -0.39 is 0 Å². The minimum atomic E-state index is -0.0502. The van der Waals surface area contributed by atoms with Crippen molar-refractivity contribution in [2.75, 3.05) is 39.0 Å². The largest absolute Gasteiger partial charge is 0.339 e. The number of carbonyl (C=O) groups excluding carboxylic acids is 2. The van der Waals surface area contributed by atoms with Crippen molar-refractivity contribution in [2.24, 2.45) is 5.92 Å². The van der Waals surface area contributed by atoms with Crippen LogP contribution < -0.4 is 5.32 Å². The van der Waals surface area contributed by atoms with Gasteiger partial charge in [0.15, 0.2) is 0 Å². The third kappa shape index (κ3) is 5.21. The molecule has 1 aromatic heterocycles. The number of nitrogens with one attached hydrogen (secondary N) is 1. The van der Waals surface area contributed by atoms with Crippen molar-refractivity contribution in [1.82, 2.24) is 19.6 Å². The van der Waals surface area contributed by atoms with Crippen LogP contribution in [0.1, 0.15) is 12.8 Å². The van der Waals surface area contributed by atoms with E-state index in [1.165, 1.54) is 6.08 Å². The van der Waals surface area contributed by atoms with Gasteiger partial charge in [-0.3, -0.25) is 14.3 Å². The number of likely N-dealkylation sites (tertiary alicyclic amines) is 1. The molecule has 1 N–H and O–H groups in total. The van der Waals surface area contributed by atoms with E-state index in [2.05, 4.69) is 17.0 Å². The molecule has 1 aliphatic heterocycles. The van der Waals surface area contributed by atoms with E-state index in [1.54, 1.807) is 6.20 Å². The van der Waals surface area contributed by atoms with Gasteiger partial charge < -0.3 is 15.1 Å². The summed E-state index contributed by atoms with van der Waals surface area (Å²) in [5.41, 5.74) is 0.719. The maximum absolute atomic E-state index is 11.7. The molecule has 2 rings (SSSR count). The van der Waals surface area contributed by atoms with E-state index in [1.807, 2.05) is 34.8 Å². The topological polar surface area (TPSA) is 70.5 Å². The van der Waals surface area contributed by atoms with Crippen molar-refractivity contribution in [2.45, 2.75) is 19.4 Å². The van der Waals surface area contributed by atoms with Crippen LogP contribution in [0.25, 0.3) is 0 Å². The summed E-state index contributed by atoms with van der Waals surface area (Å²) < 4.78 is 1.86. The minimum Gasteiger partial charge on any atom is -0.339 e. The van der Waals surface area contributed by atoms with E-state index in [9.17, 15) is 9.59 Å². The number of likely N-dealkylation sites (N-methyl/N-ethyl adjacent to an activating group) is 1. The first-order chi connectivity index (χ1) is 11.0. The van der Waals surface area contributed by atoms with E-state index >= 15 is 0 Å². The maximum Gasteiger partial charge on any atom is 0.245 e. The van der Waals surface area contributed by atoms with Crippen LogP contribution in [0.5, 0.6) is 0 Å². The summed E-state index contributed by atoms with van der Waals surface area (Å²) >= 11 is 0. The van der Waals surface area contributed by atoms with Crippen LogP contribution in [0.15, 0.2) is 25.0 Å². The molecule has 0 saturated carbocycles. The van der Waals surface area contributed by atoms with Gasteiger partial charge in [-0.25, -0.2) is 0 Å². The molecule has 23 heavy (non-hydrogen) atoms. The number of rotatable bonds is 6. The summed E-state index contributed by atoms with van der Waals surface area (Å²) in [7, 11) is 3.71. The van der Waals surface area contributed by atoms with E-state index in [0.717, 1.165) is 38.2 Å². The molecule has 7 heteroatoms. The average Bonchev–Trinajstić information content (AvgIpc) is 2.93. The Labute approximate surface area is 136 Å². The fourth-order valence-corrected chi connectivity index (χ4v) is 2.75. The zero-order chi connectivity index (χ0) is 16.8. The first-order valence-electron chi connectivity index (χ1n) is 7.86. The molecule has 7 nitrogen and oxygen atoms in total. The highest BCUT2D eigenvalue weighted by Gasteiger charge is 2.21. The number of hydrogen-bond acceptors (Lipinski definition) is 4. The fraction of sp³-hybridized carbons (Fsp3) is 0.562. The van der Waals surface area contributed by atoms with Crippen LogP contribution in [-0.2, 0) is 16.1 Å². The van der Waals surface area contributed by atoms with Crippen molar-refractivity contribution in [3.8, 4) is 0 Å². The molecule has 126 valence electrons. The van der Waals surface area contributed by atoms with Crippen molar-refractivity contribution in [3.05, 3.63) is 25.0 Å². The Bertz CT molecular complexity index is 559. The monoisotopic (exact) mass is 319 g/mol. The van der Waals surface area contributed by atoms with Crippen LogP contribution in [0.2, 0.25) is 0 Å².